The number of carbonyl (C=O) groups is 4. The van der Waals surface area contributed by atoms with Gasteiger partial charge in [-0.2, -0.15) is 5.06 Å². The zero-order chi connectivity index (χ0) is 40.7. The van der Waals surface area contributed by atoms with Crippen LogP contribution in [0.1, 0.15) is 95.6 Å². The summed E-state index contributed by atoms with van der Waals surface area (Å²) in [6.45, 7) is 11.7. The number of nitrogens with one attached hydrogen (secondary N) is 4. The molecule has 16 heteroatoms. The maximum atomic E-state index is 15.2. The van der Waals surface area contributed by atoms with E-state index in [9.17, 15) is 24.4 Å². The van der Waals surface area contributed by atoms with Gasteiger partial charge in [-0.1, -0.05) is 12.1 Å². The second-order valence-electron chi connectivity index (χ2n) is 15.0. The molecule has 4 amide bonds. The van der Waals surface area contributed by atoms with Crippen molar-refractivity contribution in [2.24, 2.45) is 0 Å². The monoisotopic (exact) mass is 767 g/mol. The molecule has 0 aliphatic heterocycles. The summed E-state index contributed by atoms with van der Waals surface area (Å²) < 4.78 is 52.7. The number of benzene rings is 3. The van der Waals surface area contributed by atoms with Gasteiger partial charge < -0.3 is 34.9 Å². The molecule has 0 saturated heterocycles. The zero-order valence-corrected chi connectivity index (χ0v) is 31.8. The van der Waals surface area contributed by atoms with Crippen LogP contribution in [0.4, 0.5) is 18.4 Å². The standard InChI is InChI=1S/C39H47F2N5O9/c1-22(47)46(51)34(42)24-18-31(40)33(32(41)19-24)53-30-17-25(35(48)44-26-10-12-27(13-11-26)45-37(50)55-39(5,6)7)16-29(20-30)52-28-14-8-23(9-15-28)21-43-36(49)54-38(2,3)4/h8-9,14-20,26-27,42,51H,10-13,21H2,1-7H3,(H,43,49)(H,44,48)(H,45,50). The molecule has 1 saturated carbocycles. The molecule has 0 spiro atoms. The van der Waals surface area contributed by atoms with E-state index in [0.717, 1.165) is 12.5 Å². The summed E-state index contributed by atoms with van der Waals surface area (Å²) >= 11 is 0. The molecule has 1 aliphatic rings. The molecule has 3 aromatic carbocycles. The van der Waals surface area contributed by atoms with Crippen molar-refractivity contribution in [1.29, 1.82) is 5.41 Å². The van der Waals surface area contributed by atoms with E-state index in [1.165, 1.54) is 18.2 Å². The molecule has 0 heterocycles. The lowest BCUT2D eigenvalue weighted by molar-refractivity contribution is -0.146. The number of carbonyl (C=O) groups excluding carboxylic acids is 4. The van der Waals surface area contributed by atoms with Crippen molar-refractivity contribution in [2.75, 3.05) is 0 Å². The Morgan fingerprint density at radius 3 is 1.78 bits per heavy atom. The van der Waals surface area contributed by atoms with Gasteiger partial charge >= 0.3 is 12.2 Å². The molecule has 3 aromatic rings. The van der Waals surface area contributed by atoms with Gasteiger partial charge in [-0.25, -0.2) is 18.4 Å². The maximum absolute atomic E-state index is 15.2. The predicted molar refractivity (Wildman–Crippen MR) is 196 cm³/mol. The van der Waals surface area contributed by atoms with Crippen molar-refractivity contribution in [3.63, 3.8) is 0 Å². The Morgan fingerprint density at radius 2 is 1.25 bits per heavy atom. The molecule has 1 aliphatic carbocycles. The molecule has 0 atom stereocenters. The van der Waals surface area contributed by atoms with E-state index in [0.29, 0.717) is 43.6 Å². The quantitative estimate of drug-likeness (QED) is 0.0596. The summed E-state index contributed by atoms with van der Waals surface area (Å²) in [6, 6.07) is 11.8. The number of nitrogens with zero attached hydrogens (tertiary/aromatic N) is 1. The SMILES string of the molecule is CC(=O)N(O)C(=N)c1cc(F)c(Oc2cc(Oc3ccc(CNC(=O)OC(C)(C)C)cc3)cc(C(=O)NC3CCC(NC(=O)OC(C)(C)C)CC3)c2)c(F)c1. The average molecular weight is 768 g/mol. The highest BCUT2D eigenvalue weighted by molar-refractivity contribution is 6.04. The number of halogens is 2. The van der Waals surface area contributed by atoms with Gasteiger partial charge in [-0.05, 0) is 109 Å². The first kappa shape index (κ1) is 42.0. The Morgan fingerprint density at radius 1 is 0.745 bits per heavy atom. The molecule has 0 radical (unpaired) electrons. The minimum atomic E-state index is -1.25. The van der Waals surface area contributed by atoms with E-state index in [-0.39, 0.29) is 40.8 Å². The average Bonchev–Trinajstić information content (AvgIpc) is 3.08. The molecule has 296 valence electrons. The van der Waals surface area contributed by atoms with E-state index in [2.05, 4.69) is 16.0 Å². The molecule has 0 unspecified atom stereocenters. The summed E-state index contributed by atoms with van der Waals surface area (Å²) in [4.78, 5) is 49.3. The summed E-state index contributed by atoms with van der Waals surface area (Å²) in [5.74, 6) is -5.42. The Balaban J connectivity index is 1.53. The lowest BCUT2D eigenvalue weighted by atomic mass is 9.91. The minimum Gasteiger partial charge on any atom is -0.457 e. The van der Waals surface area contributed by atoms with Crippen molar-refractivity contribution >= 4 is 29.8 Å². The number of rotatable bonds is 10. The van der Waals surface area contributed by atoms with Crippen LogP contribution >= 0.6 is 0 Å². The summed E-state index contributed by atoms with van der Waals surface area (Å²) in [7, 11) is 0. The molecular formula is C39H47F2N5O9. The van der Waals surface area contributed by atoms with Crippen molar-refractivity contribution in [3.8, 4) is 23.0 Å². The molecule has 4 rings (SSSR count). The van der Waals surface area contributed by atoms with Crippen LogP contribution in [-0.2, 0) is 20.8 Å². The van der Waals surface area contributed by atoms with Crippen molar-refractivity contribution in [1.82, 2.24) is 21.0 Å². The minimum absolute atomic E-state index is 0.0521. The Labute approximate surface area is 317 Å². The van der Waals surface area contributed by atoms with Crippen LogP contribution in [0.15, 0.2) is 54.6 Å². The van der Waals surface area contributed by atoms with Crippen molar-refractivity contribution in [3.05, 3.63) is 82.9 Å². The first-order valence-corrected chi connectivity index (χ1v) is 17.6. The largest absolute Gasteiger partial charge is 0.457 e. The summed E-state index contributed by atoms with van der Waals surface area (Å²) in [5, 5.41) is 26.1. The second kappa shape index (κ2) is 17.6. The number of ether oxygens (including phenoxy) is 4. The van der Waals surface area contributed by atoms with Crippen LogP contribution in [0.2, 0.25) is 0 Å². The van der Waals surface area contributed by atoms with Gasteiger partial charge in [0.25, 0.3) is 5.91 Å². The molecule has 14 nitrogen and oxygen atoms in total. The Hall–Kier alpha value is -5.77. The second-order valence-corrected chi connectivity index (χ2v) is 15.0. The highest BCUT2D eigenvalue weighted by Gasteiger charge is 2.27. The fourth-order valence-electron chi connectivity index (χ4n) is 5.44. The molecular weight excluding hydrogens is 720 g/mol. The van der Waals surface area contributed by atoms with Gasteiger partial charge in [-0.15, -0.1) is 0 Å². The normalized spacial score (nSPS) is 15.6. The van der Waals surface area contributed by atoms with Crippen molar-refractivity contribution in [2.45, 2.75) is 104 Å². The Bertz CT molecular complexity index is 1880. The first-order valence-electron chi connectivity index (χ1n) is 17.6. The summed E-state index contributed by atoms with van der Waals surface area (Å²) in [5.41, 5.74) is -0.932. The van der Waals surface area contributed by atoms with Gasteiger partial charge in [0.1, 0.15) is 28.5 Å². The van der Waals surface area contributed by atoms with E-state index in [1.807, 2.05) is 0 Å². The van der Waals surface area contributed by atoms with E-state index < -0.39 is 64.0 Å². The lowest BCUT2D eigenvalue weighted by Gasteiger charge is -2.30. The van der Waals surface area contributed by atoms with Crippen LogP contribution in [0.3, 0.4) is 0 Å². The molecule has 5 N–H and O–H groups in total. The van der Waals surface area contributed by atoms with Crippen LogP contribution in [-0.4, -0.2) is 63.4 Å². The van der Waals surface area contributed by atoms with E-state index >= 15 is 8.78 Å². The predicted octanol–water partition coefficient (Wildman–Crippen LogP) is 7.70. The van der Waals surface area contributed by atoms with Crippen LogP contribution < -0.4 is 25.4 Å². The van der Waals surface area contributed by atoms with Crippen LogP contribution in [0.5, 0.6) is 23.0 Å². The third-order valence-corrected chi connectivity index (χ3v) is 7.92. The number of alkyl carbamates (subject to hydrolysis) is 2. The van der Waals surface area contributed by atoms with Crippen LogP contribution in [0, 0.1) is 17.0 Å². The van der Waals surface area contributed by atoms with Gasteiger partial charge in [0.2, 0.25) is 5.91 Å². The number of amidine groups is 1. The molecule has 1 fully saturated rings. The smallest absolute Gasteiger partial charge is 0.407 e. The number of hydrogen-bond acceptors (Lipinski definition) is 10. The molecule has 55 heavy (non-hydrogen) atoms. The van der Waals surface area contributed by atoms with Gasteiger partial charge in [-0.3, -0.25) is 20.2 Å². The first-order chi connectivity index (χ1) is 25.7. The topological polar surface area (TPSA) is 189 Å². The van der Waals surface area contributed by atoms with Crippen LogP contribution in [0.25, 0.3) is 0 Å². The van der Waals surface area contributed by atoms with Gasteiger partial charge in [0, 0.05) is 42.7 Å². The van der Waals surface area contributed by atoms with Gasteiger partial charge in [0.05, 0.1) is 0 Å². The fourth-order valence-corrected chi connectivity index (χ4v) is 5.44. The number of hydrogen-bond donors (Lipinski definition) is 5. The van der Waals surface area contributed by atoms with Crippen molar-refractivity contribution < 1.29 is 52.1 Å². The van der Waals surface area contributed by atoms with Gasteiger partial charge in [0.15, 0.2) is 23.2 Å². The van der Waals surface area contributed by atoms with E-state index in [4.69, 9.17) is 24.4 Å². The third-order valence-electron chi connectivity index (χ3n) is 7.92. The third kappa shape index (κ3) is 12.9. The highest BCUT2D eigenvalue weighted by Crippen LogP contribution is 2.34. The van der Waals surface area contributed by atoms with E-state index in [1.54, 1.807) is 65.8 Å². The number of hydroxylamine groups is 2. The molecule has 0 aromatic heterocycles. The summed E-state index contributed by atoms with van der Waals surface area (Å²) in [6.07, 6.45) is 1.23. The fraction of sp³-hybridized carbons (Fsp3) is 0.410. The maximum Gasteiger partial charge on any atom is 0.407 e. The Kier molecular flexibility index (Phi) is 13.4. The molecule has 0 bridgehead atoms. The highest BCUT2D eigenvalue weighted by atomic mass is 19.1. The zero-order valence-electron chi connectivity index (χ0n) is 31.8. The number of amides is 4. The lowest BCUT2D eigenvalue weighted by Crippen LogP contribution is -2.45.